The average molecular weight is 324 g/mol. The van der Waals surface area contributed by atoms with Crippen LogP contribution in [0.15, 0.2) is 0 Å². The van der Waals surface area contributed by atoms with Crippen molar-refractivity contribution in [3.8, 4) is 0 Å². The van der Waals surface area contributed by atoms with Crippen molar-refractivity contribution >= 4 is 0 Å². The van der Waals surface area contributed by atoms with Gasteiger partial charge in [0, 0.05) is 16.6 Å². The smallest absolute Gasteiger partial charge is 0.0192 e. The van der Waals surface area contributed by atoms with E-state index in [4.69, 9.17) is 0 Å². The van der Waals surface area contributed by atoms with Crippen molar-refractivity contribution < 1.29 is 5.48 Å². The molecule has 0 unspecified atom stereocenters. The molecule has 0 atom stereocenters. The van der Waals surface area contributed by atoms with E-state index >= 15 is 0 Å². The fourth-order valence-corrected chi connectivity index (χ4v) is 6.57. The third-order valence-corrected chi connectivity index (χ3v) is 7.41. The Hall–Kier alpha value is -0.0800. The zero-order chi connectivity index (χ0) is 15.7. The molecule has 0 radical (unpaired) electrons. The minimum atomic E-state index is 0. The summed E-state index contributed by atoms with van der Waals surface area (Å²) in [7, 11) is 0. The summed E-state index contributed by atoms with van der Waals surface area (Å²) in [6, 6.07) is 0. The van der Waals surface area contributed by atoms with Crippen molar-refractivity contribution in [2.24, 2.45) is 0 Å². The molecule has 2 N–H and O–H groups in total. The molecule has 0 aromatic rings. The Bertz CT molecular complexity index is 303. The van der Waals surface area contributed by atoms with Crippen LogP contribution in [0, 0.1) is 0 Å². The summed E-state index contributed by atoms with van der Waals surface area (Å²) >= 11 is 0. The third kappa shape index (κ3) is 3.79. The van der Waals surface area contributed by atoms with Crippen LogP contribution in [-0.4, -0.2) is 27.0 Å². The van der Waals surface area contributed by atoms with Crippen molar-refractivity contribution in [1.29, 1.82) is 0 Å². The minimum Gasteiger partial charge on any atom is -0.412 e. The van der Waals surface area contributed by atoms with Gasteiger partial charge in [0.1, 0.15) is 0 Å². The molecular formula is C21H41NO. The summed E-state index contributed by atoms with van der Waals surface area (Å²) in [5, 5.41) is 0. The molecular weight excluding hydrogens is 282 g/mol. The van der Waals surface area contributed by atoms with Crippen molar-refractivity contribution in [2.45, 2.75) is 134 Å². The van der Waals surface area contributed by atoms with E-state index < -0.39 is 0 Å². The first-order chi connectivity index (χ1) is 10.5. The van der Waals surface area contributed by atoms with Crippen LogP contribution in [-0.2, 0) is 0 Å². The number of nitrogens with zero attached hydrogens (tertiary/aromatic N) is 1. The largest absolute Gasteiger partial charge is 0.412 e. The van der Waals surface area contributed by atoms with E-state index in [2.05, 4.69) is 25.7 Å². The highest BCUT2D eigenvalue weighted by atomic mass is 16.0. The van der Waals surface area contributed by atoms with E-state index in [9.17, 15) is 0 Å². The molecule has 0 amide bonds. The molecule has 0 aliphatic heterocycles. The number of rotatable bonds is 3. The molecule has 3 saturated carbocycles. The lowest BCUT2D eigenvalue weighted by Crippen LogP contribution is -2.68. The summed E-state index contributed by atoms with van der Waals surface area (Å²) in [6.45, 7) is 7.89. The molecule has 2 heteroatoms. The van der Waals surface area contributed by atoms with E-state index in [0.717, 1.165) is 0 Å². The zero-order valence-electron chi connectivity index (χ0n) is 16.1. The minimum absolute atomic E-state index is 0. The molecule has 3 fully saturated rings. The summed E-state index contributed by atoms with van der Waals surface area (Å²) < 4.78 is 0. The lowest BCUT2D eigenvalue weighted by molar-refractivity contribution is -0.126. The fourth-order valence-electron chi connectivity index (χ4n) is 6.57. The number of hydrogen-bond donors (Lipinski definition) is 0. The van der Waals surface area contributed by atoms with Gasteiger partial charge in [-0.1, -0.05) is 57.8 Å². The quantitative estimate of drug-likeness (QED) is 0.662. The van der Waals surface area contributed by atoms with Crippen LogP contribution in [0.1, 0.15) is 117 Å². The maximum Gasteiger partial charge on any atom is 0.0192 e. The SMILES string of the molecule is CC1(N(C2(C)CCCCC2)C2(C)CCCCC2)CCCCC1.O. The van der Waals surface area contributed by atoms with E-state index in [-0.39, 0.29) is 5.48 Å². The molecule has 2 nitrogen and oxygen atoms in total. The Balaban J connectivity index is 0.00000192. The van der Waals surface area contributed by atoms with Crippen LogP contribution in [0.3, 0.4) is 0 Å². The van der Waals surface area contributed by atoms with Gasteiger partial charge in [-0.15, -0.1) is 0 Å². The zero-order valence-corrected chi connectivity index (χ0v) is 16.1. The second-order valence-corrected chi connectivity index (χ2v) is 9.51. The normalized spacial score (nSPS) is 29.7. The van der Waals surface area contributed by atoms with Crippen LogP contribution >= 0.6 is 0 Å². The molecule has 0 aromatic carbocycles. The first-order valence-corrected chi connectivity index (χ1v) is 10.3. The van der Waals surface area contributed by atoms with Gasteiger partial charge >= 0.3 is 0 Å². The first-order valence-electron chi connectivity index (χ1n) is 10.3. The van der Waals surface area contributed by atoms with Gasteiger partial charge in [0.25, 0.3) is 0 Å². The van der Waals surface area contributed by atoms with E-state index in [1.807, 2.05) is 0 Å². The molecule has 0 aromatic heterocycles. The summed E-state index contributed by atoms with van der Waals surface area (Å²) in [6.07, 6.45) is 21.8. The summed E-state index contributed by atoms with van der Waals surface area (Å²) in [5.41, 5.74) is 1.41. The topological polar surface area (TPSA) is 34.7 Å². The second kappa shape index (κ2) is 7.44. The molecule has 3 aliphatic carbocycles. The molecule has 3 aliphatic rings. The monoisotopic (exact) mass is 323 g/mol. The molecule has 0 heterocycles. The highest BCUT2D eigenvalue weighted by Crippen LogP contribution is 2.50. The van der Waals surface area contributed by atoms with Crippen LogP contribution in [0.4, 0.5) is 0 Å². The fraction of sp³-hybridized carbons (Fsp3) is 1.00. The first kappa shape index (κ1) is 19.2. The predicted molar refractivity (Wildman–Crippen MR) is 99.9 cm³/mol. The Morgan fingerprint density at radius 2 is 0.652 bits per heavy atom. The third-order valence-electron chi connectivity index (χ3n) is 7.41. The van der Waals surface area contributed by atoms with Gasteiger partial charge in [0.15, 0.2) is 0 Å². The second-order valence-electron chi connectivity index (χ2n) is 9.51. The maximum atomic E-state index is 3.14. The van der Waals surface area contributed by atoms with Gasteiger partial charge in [-0.3, -0.25) is 4.90 Å². The Kier molecular flexibility index (Phi) is 6.22. The van der Waals surface area contributed by atoms with Crippen LogP contribution in [0.2, 0.25) is 0 Å². The highest BCUT2D eigenvalue weighted by Gasteiger charge is 2.51. The summed E-state index contributed by atoms with van der Waals surface area (Å²) in [4.78, 5) is 3.14. The van der Waals surface area contributed by atoms with Crippen LogP contribution in [0.25, 0.3) is 0 Å². The van der Waals surface area contributed by atoms with Crippen molar-refractivity contribution in [3.05, 3.63) is 0 Å². The Morgan fingerprint density at radius 3 is 0.870 bits per heavy atom. The molecule has 3 rings (SSSR count). The average Bonchev–Trinajstić information content (AvgIpc) is 2.48. The van der Waals surface area contributed by atoms with Crippen molar-refractivity contribution in [2.75, 3.05) is 0 Å². The Labute approximate surface area is 144 Å². The van der Waals surface area contributed by atoms with E-state index in [1.54, 1.807) is 0 Å². The Morgan fingerprint density at radius 1 is 0.435 bits per heavy atom. The van der Waals surface area contributed by atoms with Gasteiger partial charge in [0.2, 0.25) is 0 Å². The molecule has 0 saturated heterocycles. The molecule has 0 bridgehead atoms. The lowest BCUT2D eigenvalue weighted by atomic mass is 9.68. The van der Waals surface area contributed by atoms with Gasteiger partial charge in [0.05, 0.1) is 0 Å². The number of hydrogen-bond acceptors (Lipinski definition) is 1. The molecule has 23 heavy (non-hydrogen) atoms. The molecule has 136 valence electrons. The van der Waals surface area contributed by atoms with Crippen molar-refractivity contribution in [1.82, 2.24) is 4.90 Å². The standard InChI is InChI=1S/C21H39N.H2O/c1-19(13-7-4-8-14-19)22(20(2)15-9-5-10-16-20)21(3)17-11-6-12-18-21;/h4-18H2,1-3H3;1H2. The molecule has 0 spiro atoms. The van der Waals surface area contributed by atoms with Gasteiger partial charge in [-0.05, 0) is 59.3 Å². The maximum absolute atomic E-state index is 3.14. The highest BCUT2D eigenvalue weighted by molar-refractivity contribution is 5.07. The van der Waals surface area contributed by atoms with Crippen LogP contribution < -0.4 is 0 Å². The van der Waals surface area contributed by atoms with Gasteiger partial charge in [-0.2, -0.15) is 0 Å². The predicted octanol–water partition coefficient (Wildman–Crippen LogP) is 5.63. The van der Waals surface area contributed by atoms with E-state index in [0.29, 0.717) is 16.6 Å². The van der Waals surface area contributed by atoms with E-state index in [1.165, 1.54) is 96.3 Å². The van der Waals surface area contributed by atoms with Gasteiger partial charge < -0.3 is 5.48 Å². The van der Waals surface area contributed by atoms with Gasteiger partial charge in [-0.25, -0.2) is 0 Å². The van der Waals surface area contributed by atoms with Crippen molar-refractivity contribution in [3.63, 3.8) is 0 Å². The van der Waals surface area contributed by atoms with Crippen LogP contribution in [0.5, 0.6) is 0 Å². The summed E-state index contributed by atoms with van der Waals surface area (Å²) in [5.74, 6) is 0. The lowest BCUT2D eigenvalue weighted by Gasteiger charge is -2.63.